The standard InChI is InChI=1S/C28H30N6O3S2/c1-16(2)11-19(14-35)31-27(37)24-23(18-8-10-38-15-18)33-25-20(5-4-9-34(24)25)26(36)30-13-17-6-7-21-22(12-17)39-28(29-3)32-21/h4-10,12,15-16,19,35H,11,13-14H2,1-3H3,(H,29,32)(H,30,36)(H,31,37)/t19-/m0/s1. The van der Waals surface area contributed by atoms with E-state index in [1.807, 2.05) is 55.9 Å². The van der Waals surface area contributed by atoms with Gasteiger partial charge in [0.05, 0.1) is 28.4 Å². The highest BCUT2D eigenvalue weighted by Crippen LogP contribution is 2.29. The van der Waals surface area contributed by atoms with Crippen LogP contribution in [0.4, 0.5) is 5.13 Å². The van der Waals surface area contributed by atoms with Crippen molar-refractivity contribution in [2.45, 2.75) is 32.9 Å². The lowest BCUT2D eigenvalue weighted by Crippen LogP contribution is -2.39. The predicted octanol–water partition coefficient (Wildman–Crippen LogP) is 4.78. The smallest absolute Gasteiger partial charge is 0.270 e. The first-order chi connectivity index (χ1) is 18.9. The SMILES string of the molecule is CNc1nc2ccc(CNC(=O)c3cccn4c(C(=O)N[C@H](CO)CC(C)C)c(-c5ccsc5)nc34)cc2s1. The second-order valence-corrected chi connectivity index (χ2v) is 11.5. The molecule has 1 aromatic carbocycles. The first-order valence-corrected chi connectivity index (χ1v) is 14.4. The van der Waals surface area contributed by atoms with Crippen LogP contribution in [0.15, 0.2) is 53.4 Å². The molecule has 202 valence electrons. The van der Waals surface area contributed by atoms with Crippen molar-refractivity contribution < 1.29 is 14.7 Å². The third-order valence-corrected chi connectivity index (χ3v) is 8.05. The number of rotatable bonds is 10. The Morgan fingerprint density at radius 1 is 1.13 bits per heavy atom. The summed E-state index contributed by atoms with van der Waals surface area (Å²) in [7, 11) is 1.84. The van der Waals surface area contributed by atoms with Crippen LogP contribution in [-0.4, -0.2) is 51.0 Å². The molecule has 0 radical (unpaired) electrons. The number of nitrogens with zero attached hydrogens (tertiary/aromatic N) is 3. The van der Waals surface area contributed by atoms with Gasteiger partial charge in [0.2, 0.25) is 0 Å². The molecule has 2 amide bonds. The molecule has 4 heterocycles. The van der Waals surface area contributed by atoms with Gasteiger partial charge in [0, 0.05) is 30.7 Å². The summed E-state index contributed by atoms with van der Waals surface area (Å²) in [5.41, 5.74) is 4.24. The Hall–Kier alpha value is -3.80. The molecule has 4 aromatic heterocycles. The number of hydrogen-bond donors (Lipinski definition) is 4. The highest BCUT2D eigenvalue weighted by Gasteiger charge is 2.25. The summed E-state index contributed by atoms with van der Waals surface area (Å²) in [6.07, 6.45) is 2.38. The van der Waals surface area contributed by atoms with Crippen LogP contribution in [0.2, 0.25) is 0 Å². The minimum atomic E-state index is -0.384. The molecule has 0 aliphatic carbocycles. The van der Waals surface area contributed by atoms with Gasteiger partial charge in [-0.2, -0.15) is 11.3 Å². The van der Waals surface area contributed by atoms with Gasteiger partial charge in [-0.25, -0.2) is 9.97 Å². The van der Waals surface area contributed by atoms with Crippen molar-refractivity contribution in [3.63, 3.8) is 0 Å². The van der Waals surface area contributed by atoms with E-state index < -0.39 is 0 Å². The Kier molecular flexibility index (Phi) is 7.92. The molecule has 0 fully saturated rings. The van der Waals surface area contributed by atoms with Gasteiger partial charge in [-0.15, -0.1) is 0 Å². The molecule has 0 saturated carbocycles. The van der Waals surface area contributed by atoms with Crippen LogP contribution < -0.4 is 16.0 Å². The Balaban J connectivity index is 1.45. The number of carbonyl (C=O) groups is 2. The zero-order chi connectivity index (χ0) is 27.5. The van der Waals surface area contributed by atoms with Gasteiger partial charge in [0.15, 0.2) is 10.8 Å². The number of thiophene rings is 1. The number of fused-ring (bicyclic) bond motifs is 2. The molecular formula is C28H30N6O3S2. The number of anilines is 1. The topological polar surface area (TPSA) is 121 Å². The normalized spacial score (nSPS) is 12.2. The lowest BCUT2D eigenvalue weighted by Gasteiger charge is -2.18. The van der Waals surface area contributed by atoms with E-state index in [0.29, 0.717) is 41.5 Å². The minimum absolute atomic E-state index is 0.161. The largest absolute Gasteiger partial charge is 0.394 e. The molecule has 0 unspecified atom stereocenters. The Bertz CT molecular complexity index is 1620. The molecule has 5 aromatic rings. The van der Waals surface area contributed by atoms with Crippen molar-refractivity contribution >= 4 is 55.5 Å². The average Bonchev–Trinajstić information content (AvgIpc) is 3.68. The van der Waals surface area contributed by atoms with Crippen LogP contribution in [0.3, 0.4) is 0 Å². The van der Waals surface area contributed by atoms with Gasteiger partial charge < -0.3 is 21.1 Å². The van der Waals surface area contributed by atoms with Crippen LogP contribution in [0, 0.1) is 5.92 Å². The lowest BCUT2D eigenvalue weighted by atomic mass is 10.0. The Labute approximate surface area is 233 Å². The van der Waals surface area contributed by atoms with E-state index in [0.717, 1.165) is 26.5 Å². The summed E-state index contributed by atoms with van der Waals surface area (Å²) in [5.74, 6) is -0.332. The first-order valence-electron chi connectivity index (χ1n) is 12.7. The maximum Gasteiger partial charge on any atom is 0.270 e. The molecule has 11 heteroatoms. The molecule has 1 atom stereocenters. The number of pyridine rings is 1. The molecule has 5 rings (SSSR count). The van der Waals surface area contributed by atoms with E-state index in [1.54, 1.807) is 34.1 Å². The van der Waals surface area contributed by atoms with Gasteiger partial charge >= 0.3 is 0 Å². The maximum atomic E-state index is 13.5. The Morgan fingerprint density at radius 2 is 1.97 bits per heavy atom. The highest BCUT2D eigenvalue weighted by molar-refractivity contribution is 7.22. The van der Waals surface area contributed by atoms with Crippen molar-refractivity contribution in [2.75, 3.05) is 19.0 Å². The molecule has 39 heavy (non-hydrogen) atoms. The van der Waals surface area contributed by atoms with Crippen molar-refractivity contribution in [3.8, 4) is 11.3 Å². The number of aliphatic hydroxyl groups is 1. The number of nitrogens with one attached hydrogen (secondary N) is 3. The van der Waals surface area contributed by atoms with Crippen molar-refractivity contribution in [3.05, 3.63) is 70.2 Å². The second kappa shape index (κ2) is 11.5. The van der Waals surface area contributed by atoms with E-state index in [4.69, 9.17) is 4.98 Å². The average molecular weight is 563 g/mol. The first kappa shape index (κ1) is 26.8. The number of amides is 2. The van der Waals surface area contributed by atoms with Crippen LogP contribution in [0.5, 0.6) is 0 Å². The highest BCUT2D eigenvalue weighted by atomic mass is 32.1. The van der Waals surface area contributed by atoms with Gasteiger partial charge in [-0.3, -0.25) is 14.0 Å². The fourth-order valence-corrected chi connectivity index (χ4v) is 6.05. The molecule has 0 saturated heterocycles. The number of benzene rings is 1. The van der Waals surface area contributed by atoms with E-state index >= 15 is 0 Å². The van der Waals surface area contributed by atoms with Crippen molar-refractivity contribution in [2.24, 2.45) is 5.92 Å². The number of thiazole rings is 1. The predicted molar refractivity (Wildman–Crippen MR) is 157 cm³/mol. The minimum Gasteiger partial charge on any atom is -0.394 e. The van der Waals surface area contributed by atoms with E-state index in [-0.39, 0.29) is 24.5 Å². The summed E-state index contributed by atoms with van der Waals surface area (Å²) in [6.45, 7) is 4.26. The van der Waals surface area contributed by atoms with E-state index in [1.165, 1.54) is 11.3 Å². The van der Waals surface area contributed by atoms with Crippen LogP contribution in [0.25, 0.3) is 27.1 Å². The number of imidazole rings is 1. The van der Waals surface area contributed by atoms with Gasteiger partial charge in [-0.05, 0) is 53.6 Å². The number of aliphatic hydroxyl groups excluding tert-OH is 1. The van der Waals surface area contributed by atoms with Crippen molar-refractivity contribution in [1.29, 1.82) is 0 Å². The molecule has 0 spiro atoms. The number of aromatic nitrogens is 3. The molecule has 0 aliphatic heterocycles. The van der Waals surface area contributed by atoms with Gasteiger partial charge in [0.1, 0.15) is 11.4 Å². The van der Waals surface area contributed by atoms with Gasteiger partial charge in [-0.1, -0.05) is 31.3 Å². The zero-order valence-corrected chi connectivity index (χ0v) is 23.5. The Morgan fingerprint density at radius 3 is 2.69 bits per heavy atom. The second-order valence-electron chi connectivity index (χ2n) is 9.67. The summed E-state index contributed by atoms with van der Waals surface area (Å²) >= 11 is 3.06. The van der Waals surface area contributed by atoms with Crippen LogP contribution in [-0.2, 0) is 6.54 Å². The molecule has 0 aliphatic rings. The summed E-state index contributed by atoms with van der Waals surface area (Å²) < 4.78 is 2.69. The summed E-state index contributed by atoms with van der Waals surface area (Å²) in [6, 6.07) is 10.9. The summed E-state index contributed by atoms with van der Waals surface area (Å²) in [4.78, 5) is 36.1. The number of hydrogen-bond acceptors (Lipinski definition) is 8. The fourth-order valence-electron chi connectivity index (χ4n) is 4.53. The summed E-state index contributed by atoms with van der Waals surface area (Å²) in [5, 5.41) is 23.5. The zero-order valence-electron chi connectivity index (χ0n) is 21.9. The van der Waals surface area contributed by atoms with Crippen LogP contribution in [0.1, 0.15) is 46.7 Å². The van der Waals surface area contributed by atoms with E-state index in [9.17, 15) is 14.7 Å². The quantitative estimate of drug-likeness (QED) is 0.194. The molecule has 9 nitrogen and oxygen atoms in total. The van der Waals surface area contributed by atoms with Gasteiger partial charge in [0.25, 0.3) is 11.8 Å². The van der Waals surface area contributed by atoms with E-state index in [2.05, 4.69) is 20.9 Å². The lowest BCUT2D eigenvalue weighted by molar-refractivity contribution is 0.0901. The molecule has 0 bridgehead atoms. The van der Waals surface area contributed by atoms with Crippen LogP contribution >= 0.6 is 22.7 Å². The maximum absolute atomic E-state index is 13.5. The fraction of sp³-hybridized carbons (Fsp3) is 0.286. The number of carbonyl (C=O) groups excluding carboxylic acids is 2. The third-order valence-electron chi connectivity index (χ3n) is 6.34. The van der Waals surface area contributed by atoms with Crippen molar-refractivity contribution in [1.82, 2.24) is 25.0 Å². The molecular weight excluding hydrogens is 532 g/mol. The molecule has 4 N–H and O–H groups in total. The monoisotopic (exact) mass is 562 g/mol. The third kappa shape index (κ3) is 5.65.